The van der Waals surface area contributed by atoms with Crippen LogP contribution in [0.1, 0.15) is 48.3 Å². The molecule has 2 unspecified atom stereocenters. The van der Waals surface area contributed by atoms with Crippen molar-refractivity contribution in [2.45, 2.75) is 44.4 Å². The topological polar surface area (TPSA) is 20.2 Å². The summed E-state index contributed by atoms with van der Waals surface area (Å²) in [7, 11) is 0. The van der Waals surface area contributed by atoms with Crippen LogP contribution in [0, 0.1) is 5.92 Å². The van der Waals surface area contributed by atoms with Gasteiger partial charge in [0.1, 0.15) is 0 Å². The van der Waals surface area contributed by atoms with E-state index in [2.05, 4.69) is 18.2 Å². The molecule has 1 nitrogen and oxygen atoms in total. The molecule has 0 amide bonds. The Hall–Kier alpha value is -0.820. The maximum Gasteiger partial charge on any atom is 0.0433 e. The summed E-state index contributed by atoms with van der Waals surface area (Å²) in [5.74, 6) is 1.51. The van der Waals surface area contributed by atoms with Gasteiger partial charge in [0.25, 0.3) is 0 Å². The molecule has 0 fully saturated rings. The summed E-state index contributed by atoms with van der Waals surface area (Å²) in [5.41, 5.74) is 4.87. The van der Waals surface area contributed by atoms with Crippen molar-refractivity contribution < 1.29 is 5.11 Å². The van der Waals surface area contributed by atoms with Crippen LogP contribution in [0.5, 0.6) is 0 Å². The highest BCUT2D eigenvalue weighted by Crippen LogP contribution is 2.43. The molecule has 2 aliphatic rings. The van der Waals surface area contributed by atoms with Crippen LogP contribution in [0.15, 0.2) is 18.2 Å². The van der Waals surface area contributed by atoms with Gasteiger partial charge < -0.3 is 5.11 Å². The summed E-state index contributed by atoms with van der Waals surface area (Å²) in [5, 5.41) is 9.09. The molecule has 16 heavy (non-hydrogen) atoms. The molecule has 1 aromatic rings. The predicted molar refractivity (Wildman–Crippen MR) is 65.6 cm³/mol. The van der Waals surface area contributed by atoms with E-state index >= 15 is 0 Å². The van der Waals surface area contributed by atoms with Gasteiger partial charge in [-0.25, -0.2) is 0 Å². The lowest BCUT2D eigenvalue weighted by atomic mass is 9.69. The number of rotatable bonds is 2. The first-order chi connectivity index (χ1) is 7.88. The highest BCUT2D eigenvalue weighted by molar-refractivity contribution is 5.41. The van der Waals surface area contributed by atoms with Crippen molar-refractivity contribution in [3.8, 4) is 0 Å². The van der Waals surface area contributed by atoms with Crippen molar-refractivity contribution in [1.29, 1.82) is 0 Å². The SMILES string of the molecule is OCCC1Cc2cccc3c2C(CCC3)C1. The highest BCUT2D eigenvalue weighted by Gasteiger charge is 2.30. The van der Waals surface area contributed by atoms with E-state index in [0.29, 0.717) is 6.61 Å². The minimum Gasteiger partial charge on any atom is -0.396 e. The van der Waals surface area contributed by atoms with Gasteiger partial charge in [-0.1, -0.05) is 18.2 Å². The van der Waals surface area contributed by atoms with Gasteiger partial charge in [0.2, 0.25) is 0 Å². The van der Waals surface area contributed by atoms with Gasteiger partial charge in [-0.05, 0) is 67.1 Å². The van der Waals surface area contributed by atoms with Crippen molar-refractivity contribution >= 4 is 0 Å². The smallest absolute Gasteiger partial charge is 0.0433 e. The second kappa shape index (κ2) is 4.21. The van der Waals surface area contributed by atoms with Gasteiger partial charge in [0.05, 0.1) is 0 Å². The number of aryl methyl sites for hydroxylation is 1. The van der Waals surface area contributed by atoms with Crippen LogP contribution in [0.3, 0.4) is 0 Å². The first-order valence-corrected chi connectivity index (χ1v) is 6.60. The Morgan fingerprint density at radius 1 is 1.25 bits per heavy atom. The molecule has 0 heterocycles. The Kier molecular flexibility index (Phi) is 2.72. The molecule has 1 aromatic carbocycles. The fourth-order valence-corrected chi connectivity index (χ4v) is 3.70. The molecule has 3 rings (SSSR count). The summed E-state index contributed by atoms with van der Waals surface area (Å²) in [4.78, 5) is 0. The molecule has 0 spiro atoms. The Morgan fingerprint density at radius 2 is 2.12 bits per heavy atom. The third-order valence-corrected chi connectivity index (χ3v) is 4.36. The Labute approximate surface area is 97.5 Å². The van der Waals surface area contributed by atoms with Crippen LogP contribution in [-0.4, -0.2) is 11.7 Å². The molecule has 1 N–H and O–H groups in total. The van der Waals surface area contributed by atoms with Gasteiger partial charge in [-0.15, -0.1) is 0 Å². The number of aliphatic hydroxyl groups excluding tert-OH is 1. The number of aliphatic hydroxyl groups is 1. The molecule has 0 saturated carbocycles. The van der Waals surface area contributed by atoms with Crippen molar-refractivity contribution in [2.75, 3.05) is 6.61 Å². The van der Waals surface area contributed by atoms with E-state index in [1.807, 2.05) is 0 Å². The van der Waals surface area contributed by atoms with E-state index in [1.165, 1.54) is 32.1 Å². The maximum atomic E-state index is 9.09. The third-order valence-electron chi connectivity index (χ3n) is 4.36. The van der Waals surface area contributed by atoms with E-state index in [-0.39, 0.29) is 0 Å². The fraction of sp³-hybridized carbons (Fsp3) is 0.600. The van der Waals surface area contributed by atoms with Crippen LogP contribution in [0.25, 0.3) is 0 Å². The Bertz CT molecular complexity index is 383. The average Bonchev–Trinajstić information content (AvgIpc) is 2.30. The third kappa shape index (κ3) is 1.67. The summed E-state index contributed by atoms with van der Waals surface area (Å²) < 4.78 is 0. The molecular weight excluding hydrogens is 196 g/mol. The van der Waals surface area contributed by atoms with Gasteiger partial charge in [0.15, 0.2) is 0 Å². The minimum absolute atomic E-state index is 0.354. The highest BCUT2D eigenvalue weighted by atomic mass is 16.3. The summed E-state index contributed by atoms with van der Waals surface area (Å²) >= 11 is 0. The fourth-order valence-electron chi connectivity index (χ4n) is 3.70. The molecule has 0 radical (unpaired) electrons. The van der Waals surface area contributed by atoms with Crippen molar-refractivity contribution in [1.82, 2.24) is 0 Å². The largest absolute Gasteiger partial charge is 0.396 e. The number of hydrogen-bond donors (Lipinski definition) is 1. The van der Waals surface area contributed by atoms with Crippen LogP contribution in [0.4, 0.5) is 0 Å². The van der Waals surface area contributed by atoms with Gasteiger partial charge in [-0.2, -0.15) is 0 Å². The molecule has 2 atom stereocenters. The number of hydrogen-bond acceptors (Lipinski definition) is 1. The van der Waals surface area contributed by atoms with Gasteiger partial charge >= 0.3 is 0 Å². The quantitative estimate of drug-likeness (QED) is 0.805. The van der Waals surface area contributed by atoms with Crippen LogP contribution >= 0.6 is 0 Å². The minimum atomic E-state index is 0.354. The number of benzene rings is 1. The summed E-state index contributed by atoms with van der Waals surface area (Å²) in [6, 6.07) is 6.84. The summed E-state index contributed by atoms with van der Waals surface area (Å²) in [6.45, 7) is 0.354. The molecular formula is C15H20O. The van der Waals surface area contributed by atoms with E-state index in [9.17, 15) is 0 Å². The second-order valence-electron chi connectivity index (χ2n) is 5.40. The molecule has 0 aliphatic heterocycles. The zero-order valence-corrected chi connectivity index (χ0v) is 9.78. The first-order valence-electron chi connectivity index (χ1n) is 6.60. The zero-order valence-electron chi connectivity index (χ0n) is 9.78. The van der Waals surface area contributed by atoms with Crippen LogP contribution < -0.4 is 0 Å². The Morgan fingerprint density at radius 3 is 3.00 bits per heavy atom. The zero-order chi connectivity index (χ0) is 11.0. The second-order valence-corrected chi connectivity index (χ2v) is 5.40. The van der Waals surface area contributed by atoms with Crippen LogP contribution in [0.2, 0.25) is 0 Å². The normalized spacial score (nSPS) is 27.6. The molecule has 86 valence electrons. The van der Waals surface area contributed by atoms with E-state index in [1.54, 1.807) is 16.7 Å². The molecule has 0 bridgehead atoms. The summed E-state index contributed by atoms with van der Waals surface area (Å²) in [6.07, 6.45) is 7.49. The first kappa shape index (κ1) is 10.3. The lowest BCUT2D eigenvalue weighted by Crippen LogP contribution is -2.23. The van der Waals surface area contributed by atoms with E-state index in [4.69, 9.17) is 5.11 Å². The molecule has 2 aliphatic carbocycles. The monoisotopic (exact) mass is 216 g/mol. The van der Waals surface area contributed by atoms with Gasteiger partial charge in [-0.3, -0.25) is 0 Å². The maximum absolute atomic E-state index is 9.09. The van der Waals surface area contributed by atoms with Gasteiger partial charge in [0, 0.05) is 6.61 Å². The average molecular weight is 216 g/mol. The van der Waals surface area contributed by atoms with E-state index in [0.717, 1.165) is 18.3 Å². The lowest BCUT2D eigenvalue weighted by molar-refractivity contribution is 0.237. The molecule has 0 aromatic heterocycles. The molecule has 0 saturated heterocycles. The van der Waals surface area contributed by atoms with Crippen molar-refractivity contribution in [3.63, 3.8) is 0 Å². The van der Waals surface area contributed by atoms with Crippen LogP contribution in [-0.2, 0) is 12.8 Å². The standard InChI is InChI=1S/C15H20O/c16-8-7-11-9-13-5-1-3-12-4-2-6-14(10-11)15(12)13/h1,3,5,11,14,16H,2,4,6-10H2. The predicted octanol–water partition coefficient (Wildman–Crippen LogP) is 3.05. The lowest BCUT2D eigenvalue weighted by Gasteiger charge is -2.36. The van der Waals surface area contributed by atoms with Crippen molar-refractivity contribution in [2.24, 2.45) is 5.92 Å². The molecule has 1 heteroatoms. The Balaban J connectivity index is 1.96. The van der Waals surface area contributed by atoms with Crippen molar-refractivity contribution in [3.05, 3.63) is 34.9 Å². The van der Waals surface area contributed by atoms with E-state index < -0.39 is 0 Å².